The number of hydrogen-bond acceptors (Lipinski definition) is 3. The third-order valence-electron chi connectivity index (χ3n) is 5.36. The summed E-state index contributed by atoms with van der Waals surface area (Å²) in [6.45, 7) is 1.14. The molecule has 2 aromatic rings. The van der Waals surface area contributed by atoms with E-state index in [2.05, 4.69) is 6.07 Å². The maximum absolute atomic E-state index is 13.6. The molecule has 0 saturated carbocycles. The number of fused-ring (bicyclic) bond motifs is 1. The SMILES string of the molecule is O=C(COc1ccccc1F)N1CCC2(CCc3ccccc3O2)CC1. The van der Waals surface area contributed by atoms with Gasteiger partial charge >= 0.3 is 0 Å². The van der Waals surface area contributed by atoms with E-state index in [1.165, 1.54) is 17.7 Å². The normalized spacial score (nSPS) is 18.1. The summed E-state index contributed by atoms with van der Waals surface area (Å²) in [4.78, 5) is 14.2. The Hall–Kier alpha value is -2.56. The van der Waals surface area contributed by atoms with Crippen molar-refractivity contribution >= 4 is 5.91 Å². The molecule has 4 nitrogen and oxygen atoms in total. The van der Waals surface area contributed by atoms with Gasteiger partial charge in [0.1, 0.15) is 11.4 Å². The molecule has 1 fully saturated rings. The van der Waals surface area contributed by atoms with Crippen LogP contribution in [0.25, 0.3) is 0 Å². The van der Waals surface area contributed by atoms with Crippen LogP contribution in [0.3, 0.4) is 0 Å². The highest BCUT2D eigenvalue weighted by Crippen LogP contribution is 2.39. The van der Waals surface area contributed by atoms with Crippen molar-refractivity contribution in [2.24, 2.45) is 0 Å². The van der Waals surface area contributed by atoms with Gasteiger partial charge in [0, 0.05) is 25.9 Å². The fourth-order valence-corrected chi connectivity index (χ4v) is 3.76. The lowest BCUT2D eigenvalue weighted by Crippen LogP contribution is -2.52. The molecule has 0 aromatic heterocycles. The maximum Gasteiger partial charge on any atom is 0.260 e. The van der Waals surface area contributed by atoms with Crippen LogP contribution in [0.4, 0.5) is 4.39 Å². The fourth-order valence-electron chi connectivity index (χ4n) is 3.76. The number of carbonyl (C=O) groups is 1. The zero-order chi connectivity index (χ0) is 18.0. The summed E-state index contributed by atoms with van der Waals surface area (Å²) < 4.78 is 25.2. The number of para-hydroxylation sites is 2. The van der Waals surface area contributed by atoms with E-state index in [9.17, 15) is 9.18 Å². The van der Waals surface area contributed by atoms with Gasteiger partial charge in [-0.25, -0.2) is 4.39 Å². The van der Waals surface area contributed by atoms with Crippen LogP contribution in [0.5, 0.6) is 11.5 Å². The highest BCUT2D eigenvalue weighted by molar-refractivity contribution is 5.77. The molecule has 0 atom stereocenters. The number of ether oxygens (including phenoxy) is 2. The smallest absolute Gasteiger partial charge is 0.260 e. The topological polar surface area (TPSA) is 38.8 Å². The Labute approximate surface area is 152 Å². The minimum atomic E-state index is -0.452. The number of piperidine rings is 1. The van der Waals surface area contributed by atoms with Gasteiger partial charge in [-0.15, -0.1) is 0 Å². The third-order valence-corrected chi connectivity index (χ3v) is 5.36. The highest BCUT2D eigenvalue weighted by atomic mass is 19.1. The Morgan fingerprint density at radius 3 is 2.62 bits per heavy atom. The number of carbonyl (C=O) groups excluding carboxylic acids is 1. The summed E-state index contributed by atoms with van der Waals surface area (Å²) in [6.07, 6.45) is 3.62. The van der Waals surface area contributed by atoms with Gasteiger partial charge in [-0.05, 0) is 36.6 Å². The first-order valence-electron chi connectivity index (χ1n) is 9.07. The molecule has 26 heavy (non-hydrogen) atoms. The number of likely N-dealkylation sites (tertiary alicyclic amines) is 1. The molecule has 1 spiro atoms. The number of rotatable bonds is 3. The first kappa shape index (κ1) is 16.9. The summed E-state index contributed by atoms with van der Waals surface area (Å²) in [6, 6.07) is 14.3. The Balaban J connectivity index is 1.32. The molecule has 1 saturated heterocycles. The number of benzene rings is 2. The number of amides is 1. The van der Waals surface area contributed by atoms with Gasteiger partial charge in [0.05, 0.1) is 0 Å². The monoisotopic (exact) mass is 355 g/mol. The average molecular weight is 355 g/mol. The number of nitrogens with zero attached hydrogens (tertiary/aromatic N) is 1. The van der Waals surface area contributed by atoms with E-state index in [1.807, 2.05) is 18.2 Å². The van der Waals surface area contributed by atoms with Crippen LogP contribution in [-0.4, -0.2) is 36.1 Å². The number of halogens is 1. The van der Waals surface area contributed by atoms with E-state index >= 15 is 0 Å². The predicted octanol–water partition coefficient (Wildman–Crippen LogP) is 3.59. The molecule has 0 aliphatic carbocycles. The highest BCUT2D eigenvalue weighted by Gasteiger charge is 2.40. The Morgan fingerprint density at radius 1 is 1.08 bits per heavy atom. The quantitative estimate of drug-likeness (QED) is 0.845. The van der Waals surface area contributed by atoms with Crippen molar-refractivity contribution < 1.29 is 18.7 Å². The molecule has 2 aliphatic rings. The van der Waals surface area contributed by atoms with Crippen molar-refractivity contribution in [3.05, 3.63) is 59.9 Å². The second-order valence-electron chi connectivity index (χ2n) is 6.99. The van der Waals surface area contributed by atoms with Crippen molar-refractivity contribution in [3.63, 3.8) is 0 Å². The van der Waals surface area contributed by atoms with Gasteiger partial charge in [0.15, 0.2) is 18.2 Å². The fraction of sp³-hybridized carbons (Fsp3) is 0.381. The summed E-state index contributed by atoms with van der Waals surface area (Å²) >= 11 is 0. The Morgan fingerprint density at radius 2 is 1.81 bits per heavy atom. The van der Waals surface area contributed by atoms with Crippen molar-refractivity contribution in [2.45, 2.75) is 31.3 Å². The van der Waals surface area contributed by atoms with Crippen LogP contribution in [0.2, 0.25) is 0 Å². The van der Waals surface area contributed by atoms with Gasteiger partial charge in [0.2, 0.25) is 0 Å². The standard InChI is InChI=1S/C21H22FNO3/c22-17-6-2-4-8-19(17)25-15-20(24)23-13-11-21(12-14-23)10-9-16-5-1-3-7-18(16)26-21/h1-8H,9-15H2. The molecule has 2 aromatic carbocycles. The van der Waals surface area contributed by atoms with Gasteiger partial charge in [-0.1, -0.05) is 30.3 Å². The van der Waals surface area contributed by atoms with E-state index in [-0.39, 0.29) is 23.9 Å². The molecule has 4 rings (SSSR count). The largest absolute Gasteiger partial charge is 0.487 e. The minimum Gasteiger partial charge on any atom is -0.487 e. The maximum atomic E-state index is 13.6. The molecule has 0 N–H and O–H groups in total. The molecule has 1 amide bonds. The lowest BCUT2D eigenvalue weighted by molar-refractivity contribution is -0.137. The van der Waals surface area contributed by atoms with Crippen molar-refractivity contribution in [1.82, 2.24) is 4.90 Å². The van der Waals surface area contributed by atoms with E-state index in [4.69, 9.17) is 9.47 Å². The van der Waals surface area contributed by atoms with E-state index in [0.29, 0.717) is 13.1 Å². The molecular weight excluding hydrogens is 333 g/mol. The Kier molecular flexibility index (Phi) is 4.53. The zero-order valence-electron chi connectivity index (χ0n) is 14.6. The van der Waals surface area contributed by atoms with Gasteiger partial charge in [0.25, 0.3) is 5.91 Å². The second kappa shape index (κ2) is 6.98. The molecule has 0 unspecified atom stereocenters. The van der Waals surface area contributed by atoms with Crippen molar-refractivity contribution in [3.8, 4) is 11.5 Å². The first-order valence-corrected chi connectivity index (χ1v) is 9.07. The molecule has 136 valence electrons. The predicted molar refractivity (Wildman–Crippen MR) is 95.8 cm³/mol. The van der Waals surface area contributed by atoms with Crippen LogP contribution >= 0.6 is 0 Å². The Bertz CT molecular complexity index is 799. The van der Waals surface area contributed by atoms with E-state index in [0.717, 1.165) is 31.4 Å². The molecular formula is C21H22FNO3. The van der Waals surface area contributed by atoms with Crippen LogP contribution in [-0.2, 0) is 11.2 Å². The number of aryl methyl sites for hydroxylation is 1. The van der Waals surface area contributed by atoms with Crippen molar-refractivity contribution in [2.75, 3.05) is 19.7 Å². The summed E-state index contributed by atoms with van der Waals surface area (Å²) in [5, 5.41) is 0. The lowest BCUT2D eigenvalue weighted by Gasteiger charge is -2.44. The van der Waals surface area contributed by atoms with Gasteiger partial charge < -0.3 is 14.4 Å². The average Bonchev–Trinajstić information content (AvgIpc) is 2.68. The van der Waals surface area contributed by atoms with Crippen LogP contribution in [0.1, 0.15) is 24.8 Å². The van der Waals surface area contributed by atoms with Crippen LogP contribution in [0, 0.1) is 5.82 Å². The summed E-state index contributed by atoms with van der Waals surface area (Å²) in [5.74, 6) is 0.523. The minimum absolute atomic E-state index is 0.112. The lowest BCUT2D eigenvalue weighted by atomic mass is 9.83. The van der Waals surface area contributed by atoms with Gasteiger partial charge in [-0.3, -0.25) is 4.79 Å². The molecule has 5 heteroatoms. The van der Waals surface area contributed by atoms with E-state index in [1.54, 1.807) is 17.0 Å². The van der Waals surface area contributed by atoms with Crippen LogP contribution in [0.15, 0.2) is 48.5 Å². The molecule has 2 aliphatic heterocycles. The zero-order valence-corrected chi connectivity index (χ0v) is 14.6. The summed E-state index contributed by atoms with van der Waals surface area (Å²) in [7, 11) is 0. The first-order chi connectivity index (χ1) is 12.7. The van der Waals surface area contributed by atoms with Gasteiger partial charge in [-0.2, -0.15) is 0 Å². The third kappa shape index (κ3) is 3.39. The summed E-state index contributed by atoms with van der Waals surface area (Å²) in [5.41, 5.74) is 1.09. The number of hydrogen-bond donors (Lipinski definition) is 0. The van der Waals surface area contributed by atoms with Crippen LogP contribution < -0.4 is 9.47 Å². The second-order valence-corrected chi connectivity index (χ2v) is 6.99. The molecule has 0 radical (unpaired) electrons. The molecule has 2 heterocycles. The van der Waals surface area contributed by atoms with Crippen molar-refractivity contribution in [1.29, 1.82) is 0 Å². The van der Waals surface area contributed by atoms with E-state index < -0.39 is 5.82 Å². The molecule has 0 bridgehead atoms.